The van der Waals surface area contributed by atoms with Gasteiger partial charge in [0.15, 0.2) is 0 Å². The molecule has 0 saturated carbocycles. The molecule has 0 radical (unpaired) electrons. The van der Waals surface area contributed by atoms with Crippen LogP contribution in [0.3, 0.4) is 0 Å². The predicted molar refractivity (Wildman–Crippen MR) is 58.5 cm³/mol. The fourth-order valence-corrected chi connectivity index (χ4v) is 1.55. The molecule has 0 spiro atoms. The van der Waals surface area contributed by atoms with Crippen molar-refractivity contribution in [1.29, 1.82) is 0 Å². The predicted octanol–water partition coefficient (Wildman–Crippen LogP) is 3.57. The summed E-state index contributed by atoms with van der Waals surface area (Å²) in [4.78, 5) is 0. The van der Waals surface area contributed by atoms with E-state index < -0.39 is 8.56 Å². The van der Waals surface area contributed by atoms with Crippen molar-refractivity contribution in [3.8, 4) is 0 Å². The molecule has 0 aromatic carbocycles. The van der Waals surface area contributed by atoms with Gasteiger partial charge in [-0.1, -0.05) is 26.0 Å². The lowest BCUT2D eigenvalue weighted by atomic mass is 10.5. The normalized spacial score (nSPS) is 12.6. The zero-order chi connectivity index (χ0) is 10.2. The molecular weight excluding hydrogens is 180 g/mol. The first kappa shape index (κ1) is 12.3. The minimum absolute atomic E-state index is 0.995. The summed E-state index contributed by atoms with van der Waals surface area (Å²) in [5.74, 6) is 0. The third-order valence-corrected chi connectivity index (χ3v) is 2.77. The summed E-state index contributed by atoms with van der Waals surface area (Å²) in [7, 11) is -1.95. The average Bonchev–Trinajstić information content (AvgIpc) is 2.05. The van der Waals surface area contributed by atoms with Gasteiger partial charge in [0.2, 0.25) is 0 Å². The summed E-state index contributed by atoms with van der Waals surface area (Å²) >= 11 is 0. The van der Waals surface area contributed by atoms with Gasteiger partial charge in [-0.2, -0.15) is 0 Å². The maximum Gasteiger partial charge on any atom is 0.453 e. The standard InChI is InChI=1S/C10H20O2Si/c1-5-7-9-11-13(3,4)12-10-8-6-2/h7-10H,5-6H2,1-4H3/b9-7+,10-8+. The van der Waals surface area contributed by atoms with Crippen molar-refractivity contribution < 1.29 is 8.85 Å². The van der Waals surface area contributed by atoms with Gasteiger partial charge in [0.05, 0.1) is 12.5 Å². The first-order valence-corrected chi connectivity index (χ1v) is 7.59. The highest BCUT2D eigenvalue weighted by atomic mass is 28.4. The molecule has 76 valence electrons. The summed E-state index contributed by atoms with van der Waals surface area (Å²) in [5, 5.41) is 0. The van der Waals surface area contributed by atoms with Crippen LogP contribution in [-0.4, -0.2) is 8.56 Å². The Hall–Kier alpha value is -0.703. The molecule has 2 nitrogen and oxygen atoms in total. The van der Waals surface area contributed by atoms with Crippen molar-refractivity contribution in [2.75, 3.05) is 0 Å². The maximum absolute atomic E-state index is 5.50. The molecule has 0 aromatic rings. The fraction of sp³-hybridized carbons (Fsp3) is 0.600. The molecule has 0 unspecified atom stereocenters. The zero-order valence-corrected chi connectivity index (χ0v) is 10.0. The third-order valence-electron chi connectivity index (χ3n) is 1.37. The molecule has 0 atom stereocenters. The molecule has 0 rings (SSSR count). The molecule has 0 aliphatic rings. The van der Waals surface area contributed by atoms with Gasteiger partial charge in [0.25, 0.3) is 0 Å². The Labute approximate surface area is 82.5 Å². The first-order chi connectivity index (χ1) is 6.12. The van der Waals surface area contributed by atoms with Crippen molar-refractivity contribution in [2.45, 2.75) is 39.8 Å². The Morgan fingerprint density at radius 2 is 1.31 bits per heavy atom. The van der Waals surface area contributed by atoms with E-state index >= 15 is 0 Å². The Morgan fingerprint density at radius 3 is 1.62 bits per heavy atom. The van der Waals surface area contributed by atoms with Gasteiger partial charge in [0.1, 0.15) is 0 Å². The minimum Gasteiger partial charge on any atom is -0.519 e. The SMILES string of the molecule is CC/C=C/O[Si](C)(C)O/C=C/CC. The number of allylic oxidation sites excluding steroid dienone is 2. The van der Waals surface area contributed by atoms with Gasteiger partial charge in [-0.15, -0.1) is 0 Å². The van der Waals surface area contributed by atoms with E-state index in [1.807, 2.05) is 25.2 Å². The Balaban J connectivity index is 3.78. The van der Waals surface area contributed by atoms with Crippen molar-refractivity contribution in [2.24, 2.45) is 0 Å². The van der Waals surface area contributed by atoms with E-state index in [0.29, 0.717) is 0 Å². The molecule has 3 heteroatoms. The number of hydrogen-bond acceptors (Lipinski definition) is 2. The monoisotopic (exact) mass is 200 g/mol. The highest BCUT2D eigenvalue weighted by Crippen LogP contribution is 2.07. The minimum atomic E-state index is -1.95. The summed E-state index contributed by atoms with van der Waals surface area (Å²) in [6.45, 7) is 8.19. The van der Waals surface area contributed by atoms with E-state index in [1.165, 1.54) is 0 Å². The number of hydrogen-bond donors (Lipinski definition) is 0. The molecule has 0 saturated heterocycles. The summed E-state index contributed by atoms with van der Waals surface area (Å²) in [5.41, 5.74) is 0. The lowest BCUT2D eigenvalue weighted by Crippen LogP contribution is -2.30. The van der Waals surface area contributed by atoms with E-state index in [9.17, 15) is 0 Å². The van der Waals surface area contributed by atoms with Crippen molar-refractivity contribution in [3.63, 3.8) is 0 Å². The molecule has 0 amide bonds. The topological polar surface area (TPSA) is 18.5 Å². The molecular formula is C10H20O2Si. The average molecular weight is 200 g/mol. The van der Waals surface area contributed by atoms with E-state index in [4.69, 9.17) is 8.85 Å². The maximum atomic E-state index is 5.50. The van der Waals surface area contributed by atoms with E-state index in [-0.39, 0.29) is 0 Å². The summed E-state index contributed by atoms with van der Waals surface area (Å²) < 4.78 is 11.0. The Bertz CT molecular complexity index is 156. The Morgan fingerprint density at radius 1 is 0.923 bits per heavy atom. The van der Waals surface area contributed by atoms with Crippen LogP contribution >= 0.6 is 0 Å². The van der Waals surface area contributed by atoms with Crippen LogP contribution in [-0.2, 0) is 8.85 Å². The summed E-state index contributed by atoms with van der Waals surface area (Å²) in [6, 6.07) is 0. The number of rotatable bonds is 6. The second-order valence-electron chi connectivity index (χ2n) is 3.20. The second kappa shape index (κ2) is 6.77. The van der Waals surface area contributed by atoms with Crippen LogP contribution < -0.4 is 0 Å². The van der Waals surface area contributed by atoms with Crippen molar-refractivity contribution in [1.82, 2.24) is 0 Å². The quantitative estimate of drug-likeness (QED) is 0.482. The van der Waals surface area contributed by atoms with E-state index in [2.05, 4.69) is 13.8 Å². The van der Waals surface area contributed by atoms with E-state index in [0.717, 1.165) is 12.8 Å². The van der Waals surface area contributed by atoms with Crippen LogP contribution in [0.4, 0.5) is 0 Å². The second-order valence-corrected chi connectivity index (χ2v) is 6.47. The van der Waals surface area contributed by atoms with Crippen LogP contribution in [0.15, 0.2) is 24.7 Å². The van der Waals surface area contributed by atoms with Gasteiger partial charge in [-0.05, 0) is 12.8 Å². The Kier molecular flexibility index (Phi) is 6.41. The van der Waals surface area contributed by atoms with Crippen molar-refractivity contribution in [3.05, 3.63) is 24.7 Å². The molecule has 0 bridgehead atoms. The van der Waals surface area contributed by atoms with Gasteiger partial charge in [-0.25, -0.2) is 0 Å². The lowest BCUT2D eigenvalue weighted by Gasteiger charge is -2.19. The molecule has 0 N–H and O–H groups in total. The highest BCUT2D eigenvalue weighted by Gasteiger charge is 2.25. The fourth-order valence-electron chi connectivity index (χ4n) is 0.644. The molecule has 13 heavy (non-hydrogen) atoms. The lowest BCUT2D eigenvalue weighted by molar-refractivity contribution is 0.318. The van der Waals surface area contributed by atoms with Gasteiger partial charge >= 0.3 is 8.56 Å². The van der Waals surface area contributed by atoms with E-state index in [1.54, 1.807) is 12.5 Å². The van der Waals surface area contributed by atoms with Crippen LogP contribution in [0.25, 0.3) is 0 Å². The molecule has 0 fully saturated rings. The van der Waals surface area contributed by atoms with Crippen LogP contribution in [0.5, 0.6) is 0 Å². The molecule has 0 aliphatic carbocycles. The largest absolute Gasteiger partial charge is 0.519 e. The summed E-state index contributed by atoms with van der Waals surface area (Å²) in [6.07, 6.45) is 9.45. The van der Waals surface area contributed by atoms with Crippen molar-refractivity contribution >= 4 is 8.56 Å². The highest BCUT2D eigenvalue weighted by molar-refractivity contribution is 6.64. The van der Waals surface area contributed by atoms with Gasteiger partial charge in [0, 0.05) is 13.1 Å². The van der Waals surface area contributed by atoms with Gasteiger partial charge < -0.3 is 8.85 Å². The zero-order valence-electron chi connectivity index (χ0n) is 9.04. The third kappa shape index (κ3) is 7.65. The smallest absolute Gasteiger partial charge is 0.453 e. The van der Waals surface area contributed by atoms with Crippen LogP contribution in [0.2, 0.25) is 13.1 Å². The first-order valence-electron chi connectivity index (χ1n) is 4.78. The molecule has 0 aromatic heterocycles. The van der Waals surface area contributed by atoms with Crippen LogP contribution in [0, 0.1) is 0 Å². The molecule has 0 aliphatic heterocycles. The van der Waals surface area contributed by atoms with Gasteiger partial charge in [-0.3, -0.25) is 0 Å². The molecule has 0 heterocycles. The van der Waals surface area contributed by atoms with Crippen LogP contribution in [0.1, 0.15) is 26.7 Å².